The van der Waals surface area contributed by atoms with Gasteiger partial charge in [0.25, 0.3) is 0 Å². The minimum atomic E-state index is 0.0489. The fraction of sp³-hybridized carbons (Fsp3) is 0.329. The normalized spacial score (nSPS) is 11.5. The molecule has 0 aliphatic heterocycles. The average Bonchev–Trinajstić information content (AvgIpc) is 3.95. The maximum Gasteiger partial charge on any atom is 0.194 e. The Labute approximate surface area is 477 Å². The Morgan fingerprint density at radius 2 is 0.500 bits per heavy atom. The zero-order chi connectivity index (χ0) is 55.3. The minimum absolute atomic E-state index is 0.0489. The molecule has 8 aromatic carbocycles. The number of nitrogens with zero attached hydrogens (tertiary/aromatic N) is 2. The molecular weight excluding hydrogens is 985 g/mol. The van der Waals surface area contributed by atoms with Crippen molar-refractivity contribution in [1.29, 1.82) is 0 Å². The lowest BCUT2D eigenvalue weighted by molar-refractivity contribution is 0.104. The summed E-state index contributed by atoms with van der Waals surface area (Å²) in [6.45, 7) is 11.8. The number of rotatable bonds is 32. The number of anilines is 6. The van der Waals surface area contributed by atoms with Crippen LogP contribution >= 0.6 is 0 Å². The van der Waals surface area contributed by atoms with Gasteiger partial charge in [-0.1, -0.05) is 153 Å². The summed E-state index contributed by atoms with van der Waals surface area (Å²) in [5, 5.41) is 0. The summed E-state index contributed by atoms with van der Waals surface area (Å²) in [5.41, 5.74) is 13.6. The van der Waals surface area contributed by atoms with Crippen LogP contribution in [0.25, 0.3) is 33.4 Å². The average molecular weight is 1070 g/mol. The Morgan fingerprint density at radius 3 is 0.750 bits per heavy atom. The van der Waals surface area contributed by atoms with Gasteiger partial charge in [0.05, 0.1) is 26.4 Å². The van der Waals surface area contributed by atoms with E-state index in [4.69, 9.17) is 18.9 Å². The minimum Gasteiger partial charge on any atom is -0.494 e. The fourth-order valence-electron chi connectivity index (χ4n) is 10.6. The number of carbonyl (C=O) groups is 1. The maximum atomic E-state index is 14.4. The number of hydrogen-bond donors (Lipinski definition) is 0. The van der Waals surface area contributed by atoms with Crippen LogP contribution in [0.15, 0.2) is 182 Å². The van der Waals surface area contributed by atoms with Crippen molar-refractivity contribution < 1.29 is 23.7 Å². The highest BCUT2D eigenvalue weighted by atomic mass is 16.5. The summed E-state index contributed by atoms with van der Waals surface area (Å²) in [4.78, 5) is 18.9. The third-order valence-electron chi connectivity index (χ3n) is 15.2. The van der Waals surface area contributed by atoms with Crippen LogP contribution in [0.1, 0.15) is 146 Å². The molecule has 9 rings (SSSR count). The van der Waals surface area contributed by atoms with E-state index >= 15 is 0 Å². The predicted molar refractivity (Wildman–Crippen MR) is 334 cm³/mol. The quantitative estimate of drug-likeness (QED) is 0.0389. The Kier molecular flexibility index (Phi) is 21.0. The summed E-state index contributed by atoms with van der Waals surface area (Å²) in [6, 6.07) is 63.5. The lowest BCUT2D eigenvalue weighted by Gasteiger charge is -2.26. The highest BCUT2D eigenvalue weighted by Gasteiger charge is 2.28. The second kappa shape index (κ2) is 29.4. The molecule has 0 saturated carbocycles. The number of fused-ring (bicyclic) bond motifs is 3. The predicted octanol–water partition coefficient (Wildman–Crippen LogP) is 21.0. The molecule has 0 bridgehead atoms. The van der Waals surface area contributed by atoms with Gasteiger partial charge in [-0.2, -0.15) is 0 Å². The maximum absolute atomic E-state index is 14.4. The van der Waals surface area contributed by atoms with Crippen LogP contribution in [-0.4, -0.2) is 32.2 Å². The second-order valence-electron chi connectivity index (χ2n) is 21.2. The molecule has 0 amide bonds. The van der Waals surface area contributed by atoms with E-state index in [2.05, 4.69) is 219 Å². The van der Waals surface area contributed by atoms with Crippen molar-refractivity contribution in [2.24, 2.45) is 0 Å². The van der Waals surface area contributed by atoms with Gasteiger partial charge in [0, 0.05) is 45.3 Å². The van der Waals surface area contributed by atoms with Crippen LogP contribution in [0.2, 0.25) is 0 Å². The van der Waals surface area contributed by atoms with E-state index in [0.29, 0.717) is 0 Å². The molecule has 0 N–H and O–H groups in total. The zero-order valence-corrected chi connectivity index (χ0v) is 47.9. The van der Waals surface area contributed by atoms with E-state index in [9.17, 15) is 4.79 Å². The van der Waals surface area contributed by atoms with E-state index in [1.54, 1.807) is 0 Å². The zero-order valence-electron chi connectivity index (χ0n) is 47.9. The van der Waals surface area contributed by atoms with Crippen LogP contribution in [0.3, 0.4) is 0 Å². The molecule has 0 aromatic heterocycles. The van der Waals surface area contributed by atoms with E-state index in [0.717, 1.165) is 154 Å². The van der Waals surface area contributed by atoms with Crippen molar-refractivity contribution in [3.05, 3.63) is 193 Å². The Hall–Kier alpha value is -7.77. The highest BCUT2D eigenvalue weighted by Crippen LogP contribution is 2.43. The monoisotopic (exact) mass is 1070 g/mol. The van der Waals surface area contributed by atoms with E-state index in [1.165, 1.54) is 77.0 Å². The number of benzene rings is 8. The Morgan fingerprint density at radius 1 is 0.263 bits per heavy atom. The third kappa shape index (κ3) is 14.9. The number of hydrogen-bond acceptors (Lipinski definition) is 7. The Balaban J connectivity index is 0.913. The van der Waals surface area contributed by atoms with Crippen LogP contribution in [0, 0.1) is 0 Å². The topological polar surface area (TPSA) is 60.5 Å². The van der Waals surface area contributed by atoms with E-state index < -0.39 is 0 Å². The summed E-state index contributed by atoms with van der Waals surface area (Å²) < 4.78 is 24.5. The van der Waals surface area contributed by atoms with Gasteiger partial charge in [-0.25, -0.2) is 0 Å². The first kappa shape index (κ1) is 56.9. The summed E-state index contributed by atoms with van der Waals surface area (Å²) in [5.74, 6) is 3.56. The third-order valence-corrected chi connectivity index (χ3v) is 15.2. The molecule has 0 atom stereocenters. The van der Waals surface area contributed by atoms with Gasteiger partial charge < -0.3 is 28.7 Å². The molecule has 7 heteroatoms. The molecule has 7 nitrogen and oxygen atoms in total. The van der Waals surface area contributed by atoms with Gasteiger partial charge in [0.15, 0.2) is 5.78 Å². The summed E-state index contributed by atoms with van der Waals surface area (Å²) in [7, 11) is 0. The van der Waals surface area contributed by atoms with Crippen molar-refractivity contribution in [2.75, 3.05) is 36.2 Å². The van der Waals surface area contributed by atoms with E-state index in [1.807, 2.05) is 0 Å². The Bertz CT molecular complexity index is 2820. The molecule has 1 aliphatic rings. The largest absolute Gasteiger partial charge is 0.494 e. The summed E-state index contributed by atoms with van der Waals surface area (Å²) in [6.07, 6.45) is 18.7. The van der Waals surface area contributed by atoms with E-state index in [-0.39, 0.29) is 5.78 Å². The van der Waals surface area contributed by atoms with Crippen molar-refractivity contribution in [1.82, 2.24) is 0 Å². The van der Waals surface area contributed by atoms with Gasteiger partial charge in [-0.3, -0.25) is 4.79 Å². The van der Waals surface area contributed by atoms with Crippen molar-refractivity contribution in [3.63, 3.8) is 0 Å². The molecule has 0 unspecified atom stereocenters. The molecular formula is C73H82N2O5. The molecule has 0 heterocycles. The van der Waals surface area contributed by atoms with Crippen LogP contribution in [0.5, 0.6) is 23.0 Å². The highest BCUT2D eigenvalue weighted by molar-refractivity contribution is 6.22. The smallest absolute Gasteiger partial charge is 0.194 e. The van der Waals surface area contributed by atoms with Crippen molar-refractivity contribution >= 4 is 39.9 Å². The molecule has 8 aromatic rings. The van der Waals surface area contributed by atoms with Gasteiger partial charge >= 0.3 is 0 Å². The molecule has 0 fully saturated rings. The standard InChI is InChI=1S/C73H82N2O5/c1-5-9-13-17-49-77-65-39-31-61(32-40-65)74(62-33-41-66(42-34-62)78-50-18-14-10-6-2)59-27-21-55(22-28-59)57-25-47-69-70-48-26-58(54-72(70)73(76)71(69)53-57)56-23-29-60(30-24-56)75(63-35-43-67(44-36-63)79-51-19-15-11-7-3)64-37-45-68(46-38-64)80-52-20-16-12-8-4/h21-48,53-54H,5-20,49-52H2,1-4H3. The SMILES string of the molecule is CCCCCCOc1ccc(N(c2ccc(OCCCCCC)cc2)c2ccc(-c3ccc4c(c3)C(=O)c3cc(-c5ccc(N(c6ccc(OCCCCCC)cc6)c6ccc(OCCCCCC)cc6)cc5)ccc3-4)cc2)cc1. The lowest BCUT2D eigenvalue weighted by atomic mass is 9.98. The van der Waals surface area contributed by atoms with Crippen LogP contribution in [0.4, 0.5) is 34.1 Å². The van der Waals surface area contributed by atoms with Crippen LogP contribution < -0.4 is 28.7 Å². The van der Waals surface area contributed by atoms with Gasteiger partial charge in [0.2, 0.25) is 0 Å². The molecule has 0 radical (unpaired) electrons. The second-order valence-corrected chi connectivity index (χ2v) is 21.2. The van der Waals surface area contributed by atoms with Crippen molar-refractivity contribution in [3.8, 4) is 56.4 Å². The number of unbranched alkanes of at least 4 members (excludes halogenated alkanes) is 12. The summed E-state index contributed by atoms with van der Waals surface area (Å²) >= 11 is 0. The van der Waals surface area contributed by atoms with Crippen molar-refractivity contribution in [2.45, 2.75) is 130 Å². The molecule has 80 heavy (non-hydrogen) atoms. The van der Waals surface area contributed by atoms with Gasteiger partial charge in [-0.05, 0) is 193 Å². The number of ether oxygens (including phenoxy) is 4. The first-order chi connectivity index (χ1) is 39.4. The van der Waals surface area contributed by atoms with Gasteiger partial charge in [0.1, 0.15) is 23.0 Å². The molecule has 1 aliphatic carbocycles. The van der Waals surface area contributed by atoms with Crippen LogP contribution in [-0.2, 0) is 0 Å². The first-order valence-electron chi connectivity index (χ1n) is 30.0. The molecule has 0 saturated heterocycles. The fourth-order valence-corrected chi connectivity index (χ4v) is 10.6. The number of ketones is 1. The molecule has 0 spiro atoms. The van der Waals surface area contributed by atoms with Gasteiger partial charge in [-0.15, -0.1) is 0 Å². The lowest BCUT2D eigenvalue weighted by Crippen LogP contribution is -2.10. The molecule has 414 valence electrons. The number of carbonyl (C=O) groups excluding carboxylic acids is 1. The first-order valence-corrected chi connectivity index (χ1v) is 30.0.